The van der Waals surface area contributed by atoms with Crippen molar-refractivity contribution >= 4 is 0 Å². The molecule has 1 aromatic rings. The van der Waals surface area contributed by atoms with Gasteiger partial charge in [0.05, 0.1) is 6.54 Å². The Morgan fingerprint density at radius 1 is 1.54 bits per heavy atom. The summed E-state index contributed by atoms with van der Waals surface area (Å²) < 4.78 is 37.2. The molecule has 0 aliphatic heterocycles. The van der Waals surface area contributed by atoms with Gasteiger partial charge in [0.25, 0.3) is 12.0 Å². The van der Waals surface area contributed by atoms with E-state index in [2.05, 4.69) is 0 Å². The van der Waals surface area contributed by atoms with Crippen LogP contribution in [0, 0.1) is 12.7 Å². The Morgan fingerprint density at radius 2 is 2.15 bits per heavy atom. The lowest BCUT2D eigenvalue weighted by atomic mass is 10.3. The van der Waals surface area contributed by atoms with Gasteiger partial charge in [-0.15, -0.1) is 0 Å². The van der Waals surface area contributed by atoms with Crippen LogP contribution in [0.2, 0.25) is 0 Å². The molecule has 0 spiro atoms. The molecule has 13 heavy (non-hydrogen) atoms. The fourth-order valence-electron chi connectivity index (χ4n) is 1.02. The fourth-order valence-corrected chi connectivity index (χ4v) is 1.02. The quantitative estimate of drug-likeness (QED) is 0.695. The van der Waals surface area contributed by atoms with Crippen molar-refractivity contribution in [1.29, 1.82) is 0 Å². The molecule has 72 valence electrons. The number of hydrogen-bond acceptors (Lipinski definition) is 1. The maximum atomic E-state index is 12.7. The molecule has 0 unspecified atom stereocenters. The smallest absolute Gasteiger partial charge is 0.286 e. The van der Waals surface area contributed by atoms with Gasteiger partial charge < -0.3 is 4.57 Å². The minimum Gasteiger partial charge on any atom is -0.307 e. The molecule has 2 nitrogen and oxygen atoms in total. The van der Waals surface area contributed by atoms with Crippen LogP contribution in [0.15, 0.2) is 17.1 Å². The van der Waals surface area contributed by atoms with Gasteiger partial charge in [-0.25, -0.2) is 13.2 Å². The summed E-state index contributed by atoms with van der Waals surface area (Å²) in [5.41, 5.74) is -0.566. The number of alkyl halides is 2. The van der Waals surface area contributed by atoms with Crippen LogP contribution in [0.4, 0.5) is 13.2 Å². The van der Waals surface area contributed by atoms with Gasteiger partial charge in [-0.2, -0.15) is 0 Å². The molecule has 0 N–H and O–H groups in total. The number of aryl methyl sites for hydroxylation is 1. The highest BCUT2D eigenvalue weighted by Gasteiger charge is 2.08. The van der Waals surface area contributed by atoms with Crippen molar-refractivity contribution in [2.24, 2.45) is 0 Å². The van der Waals surface area contributed by atoms with E-state index >= 15 is 0 Å². The number of halogens is 3. The van der Waals surface area contributed by atoms with E-state index in [1.54, 1.807) is 0 Å². The predicted molar refractivity (Wildman–Crippen MR) is 41.4 cm³/mol. The summed E-state index contributed by atoms with van der Waals surface area (Å²) in [6.07, 6.45) is -1.45. The second-order valence-corrected chi connectivity index (χ2v) is 2.71. The molecule has 0 radical (unpaired) electrons. The predicted octanol–water partition coefficient (Wildman–Crippen LogP) is 1.56. The number of aromatic nitrogens is 1. The van der Waals surface area contributed by atoms with Crippen molar-refractivity contribution in [3.05, 3.63) is 34.0 Å². The molecule has 0 fully saturated rings. The minimum absolute atomic E-state index is 0.442. The van der Waals surface area contributed by atoms with E-state index in [9.17, 15) is 18.0 Å². The van der Waals surface area contributed by atoms with Crippen LogP contribution in [0.3, 0.4) is 0 Å². The van der Waals surface area contributed by atoms with Crippen molar-refractivity contribution in [2.75, 3.05) is 0 Å². The van der Waals surface area contributed by atoms with E-state index in [0.717, 1.165) is 6.07 Å². The highest BCUT2D eigenvalue weighted by atomic mass is 19.3. The third kappa shape index (κ3) is 2.34. The normalized spacial score (nSPS) is 10.8. The Morgan fingerprint density at radius 3 is 2.69 bits per heavy atom. The first-order chi connectivity index (χ1) is 6.00. The molecular weight excluding hydrogens is 183 g/mol. The van der Waals surface area contributed by atoms with E-state index in [0.29, 0.717) is 10.1 Å². The van der Waals surface area contributed by atoms with Gasteiger partial charge in [-0.05, 0) is 18.6 Å². The molecule has 0 aliphatic carbocycles. The fraction of sp³-hybridized carbons (Fsp3) is 0.375. The molecule has 0 aliphatic rings. The van der Waals surface area contributed by atoms with E-state index in [1.807, 2.05) is 0 Å². The van der Waals surface area contributed by atoms with Gasteiger partial charge in [-0.3, -0.25) is 4.79 Å². The van der Waals surface area contributed by atoms with Crippen molar-refractivity contribution in [2.45, 2.75) is 19.9 Å². The number of pyridine rings is 1. The largest absolute Gasteiger partial charge is 0.307 e. The third-order valence-electron chi connectivity index (χ3n) is 1.51. The summed E-state index contributed by atoms with van der Waals surface area (Å²) in [4.78, 5) is 10.9. The van der Waals surface area contributed by atoms with Gasteiger partial charge in [0.2, 0.25) is 0 Å². The summed E-state index contributed by atoms with van der Waals surface area (Å²) in [6.45, 7) is 0.766. The van der Waals surface area contributed by atoms with Gasteiger partial charge in [0.1, 0.15) is 0 Å². The van der Waals surface area contributed by atoms with Crippen LogP contribution in [0.25, 0.3) is 0 Å². The van der Waals surface area contributed by atoms with Crippen LogP contribution in [0.1, 0.15) is 5.56 Å². The van der Waals surface area contributed by atoms with Crippen LogP contribution >= 0.6 is 0 Å². The van der Waals surface area contributed by atoms with Crippen molar-refractivity contribution in [3.8, 4) is 0 Å². The molecule has 1 aromatic heterocycles. The molecule has 5 heteroatoms. The highest BCUT2D eigenvalue weighted by molar-refractivity contribution is 5.09. The molecule has 0 saturated heterocycles. The first-order valence-corrected chi connectivity index (χ1v) is 3.65. The molecule has 0 atom stereocenters. The van der Waals surface area contributed by atoms with Crippen molar-refractivity contribution in [1.82, 2.24) is 4.57 Å². The van der Waals surface area contributed by atoms with Crippen LogP contribution in [0.5, 0.6) is 0 Å². The van der Waals surface area contributed by atoms with Gasteiger partial charge >= 0.3 is 0 Å². The first-order valence-electron chi connectivity index (χ1n) is 3.65. The maximum Gasteiger partial charge on any atom is 0.286 e. The lowest BCUT2D eigenvalue weighted by Gasteiger charge is -2.05. The Balaban J connectivity index is 3.13. The minimum atomic E-state index is -2.65. The Bertz CT molecular complexity index is 359. The lowest BCUT2D eigenvalue weighted by molar-refractivity contribution is 0.124. The molecule has 0 amide bonds. The summed E-state index contributed by atoms with van der Waals surface area (Å²) in [6, 6.07) is 1.02. The number of hydrogen-bond donors (Lipinski definition) is 0. The second kappa shape index (κ2) is 3.64. The molecule has 0 saturated carbocycles. The van der Waals surface area contributed by atoms with Crippen molar-refractivity contribution in [3.63, 3.8) is 0 Å². The van der Waals surface area contributed by atoms with Gasteiger partial charge in [0.15, 0.2) is 5.82 Å². The lowest BCUT2D eigenvalue weighted by Crippen LogP contribution is -2.25. The average molecular weight is 191 g/mol. The summed E-state index contributed by atoms with van der Waals surface area (Å²) in [5.74, 6) is -0.999. The zero-order chi connectivity index (χ0) is 10.0. The van der Waals surface area contributed by atoms with E-state index in [-0.39, 0.29) is 0 Å². The molecule has 0 bridgehead atoms. The topological polar surface area (TPSA) is 22.0 Å². The summed E-state index contributed by atoms with van der Waals surface area (Å²) in [7, 11) is 0. The Labute approximate surface area is 72.6 Å². The standard InChI is InChI=1S/C8H8F3NO/c1-5-2-6(9)8(13)12(3-5)4-7(10)11/h2-3,7H,4H2,1H3. The zero-order valence-corrected chi connectivity index (χ0v) is 6.93. The molecular formula is C8H8F3NO. The first kappa shape index (κ1) is 9.83. The van der Waals surface area contributed by atoms with Crippen molar-refractivity contribution < 1.29 is 13.2 Å². The van der Waals surface area contributed by atoms with Crippen LogP contribution in [-0.2, 0) is 6.54 Å². The SMILES string of the molecule is Cc1cc(F)c(=O)n(CC(F)F)c1. The van der Waals surface area contributed by atoms with E-state index in [1.165, 1.54) is 13.1 Å². The van der Waals surface area contributed by atoms with Gasteiger partial charge in [-0.1, -0.05) is 0 Å². The Hall–Kier alpha value is -1.26. The van der Waals surface area contributed by atoms with Crippen LogP contribution < -0.4 is 5.56 Å². The monoisotopic (exact) mass is 191 g/mol. The summed E-state index contributed by atoms with van der Waals surface area (Å²) >= 11 is 0. The third-order valence-corrected chi connectivity index (χ3v) is 1.51. The molecule has 1 rings (SSSR count). The highest BCUT2D eigenvalue weighted by Crippen LogP contribution is 2.00. The average Bonchev–Trinajstić information content (AvgIpc) is 1.98. The number of rotatable bonds is 2. The molecule has 0 aromatic carbocycles. The van der Waals surface area contributed by atoms with Crippen LogP contribution in [-0.4, -0.2) is 11.0 Å². The number of nitrogens with zero attached hydrogens (tertiary/aromatic N) is 1. The maximum absolute atomic E-state index is 12.7. The van der Waals surface area contributed by atoms with E-state index in [4.69, 9.17) is 0 Å². The Kier molecular flexibility index (Phi) is 2.75. The second-order valence-electron chi connectivity index (χ2n) is 2.71. The summed E-state index contributed by atoms with van der Waals surface area (Å²) in [5, 5.41) is 0. The zero-order valence-electron chi connectivity index (χ0n) is 6.93. The van der Waals surface area contributed by atoms with Gasteiger partial charge in [0, 0.05) is 6.20 Å². The molecule has 1 heterocycles. The van der Waals surface area contributed by atoms with E-state index < -0.39 is 24.3 Å².